The van der Waals surface area contributed by atoms with E-state index in [0.717, 1.165) is 23.9 Å². The van der Waals surface area contributed by atoms with Crippen molar-refractivity contribution in [3.8, 4) is 6.07 Å². The van der Waals surface area contributed by atoms with Crippen LogP contribution in [0.1, 0.15) is 24.0 Å². The summed E-state index contributed by atoms with van der Waals surface area (Å²) in [5.41, 5.74) is 2.24. The van der Waals surface area contributed by atoms with Crippen molar-refractivity contribution < 1.29 is 9.31 Å². The molecule has 22 heavy (non-hydrogen) atoms. The van der Waals surface area contributed by atoms with Gasteiger partial charge in [0.15, 0.2) is 0 Å². The van der Waals surface area contributed by atoms with E-state index in [9.17, 15) is 0 Å². The van der Waals surface area contributed by atoms with E-state index in [0.29, 0.717) is 19.6 Å². The molecule has 0 aliphatic heterocycles. The van der Waals surface area contributed by atoms with Gasteiger partial charge in [0, 0.05) is 6.42 Å². The molecule has 0 N–H and O–H groups in total. The Balaban J connectivity index is 1.83. The van der Waals surface area contributed by atoms with E-state index in [1.54, 1.807) is 0 Å². The second-order valence-electron chi connectivity index (χ2n) is 5.07. The minimum Gasteiger partial charge on any atom is -0.407 e. The zero-order valence-electron chi connectivity index (χ0n) is 12.7. The predicted octanol–water partition coefficient (Wildman–Crippen LogP) is 4.21. The maximum atomic E-state index is 8.66. The molecule has 3 nitrogen and oxygen atoms in total. The molecule has 0 saturated carbocycles. The van der Waals surface area contributed by atoms with E-state index in [4.69, 9.17) is 14.6 Å². The molecule has 0 atom stereocenters. The Morgan fingerprint density at radius 3 is 1.77 bits per heavy atom. The monoisotopic (exact) mass is 293 g/mol. The molecule has 4 heteroatoms. The first-order valence-corrected chi connectivity index (χ1v) is 7.56. The maximum absolute atomic E-state index is 8.66. The van der Waals surface area contributed by atoms with Crippen LogP contribution in [0.15, 0.2) is 60.7 Å². The van der Waals surface area contributed by atoms with Gasteiger partial charge in [-0.05, 0) is 23.9 Å². The van der Waals surface area contributed by atoms with Gasteiger partial charge >= 0.3 is 7.12 Å². The van der Waals surface area contributed by atoms with Gasteiger partial charge in [0.2, 0.25) is 0 Å². The number of nitriles is 1. The molecule has 0 radical (unpaired) electrons. The van der Waals surface area contributed by atoms with Crippen LogP contribution in [-0.4, -0.2) is 7.12 Å². The molecule has 0 unspecified atom stereocenters. The highest BCUT2D eigenvalue weighted by Crippen LogP contribution is 2.11. The third-order valence-corrected chi connectivity index (χ3v) is 3.29. The van der Waals surface area contributed by atoms with Crippen LogP contribution in [0.2, 0.25) is 6.32 Å². The Morgan fingerprint density at radius 2 is 1.32 bits per heavy atom. The van der Waals surface area contributed by atoms with Crippen LogP contribution < -0.4 is 0 Å². The Morgan fingerprint density at radius 1 is 0.818 bits per heavy atom. The summed E-state index contributed by atoms with van der Waals surface area (Å²) in [6.45, 7) is 1.04. The predicted molar refractivity (Wildman–Crippen MR) is 87.9 cm³/mol. The van der Waals surface area contributed by atoms with Crippen molar-refractivity contribution in [3.63, 3.8) is 0 Å². The van der Waals surface area contributed by atoms with Crippen LogP contribution in [0.5, 0.6) is 0 Å². The van der Waals surface area contributed by atoms with E-state index >= 15 is 0 Å². The lowest BCUT2D eigenvalue weighted by Gasteiger charge is -2.14. The Bertz CT molecular complexity index is 525. The highest BCUT2D eigenvalue weighted by Gasteiger charge is 2.18. The van der Waals surface area contributed by atoms with Gasteiger partial charge in [0.05, 0.1) is 19.3 Å². The normalized spacial score (nSPS) is 10.1. The van der Waals surface area contributed by atoms with Crippen LogP contribution in [-0.2, 0) is 22.5 Å². The number of benzene rings is 2. The van der Waals surface area contributed by atoms with Crippen LogP contribution in [0.4, 0.5) is 0 Å². The second-order valence-corrected chi connectivity index (χ2v) is 5.07. The molecule has 0 spiro atoms. The largest absolute Gasteiger partial charge is 0.457 e. The molecule has 0 aliphatic rings. The Hall–Kier alpha value is -2.09. The molecule has 0 bridgehead atoms. The van der Waals surface area contributed by atoms with E-state index in [-0.39, 0.29) is 7.12 Å². The van der Waals surface area contributed by atoms with Crippen molar-refractivity contribution in [1.29, 1.82) is 5.26 Å². The SMILES string of the molecule is N#CCCCB(OCc1ccccc1)OCc1ccccc1. The molecular weight excluding hydrogens is 273 g/mol. The van der Waals surface area contributed by atoms with Gasteiger partial charge < -0.3 is 9.31 Å². The molecular formula is C18H20BNO2. The summed E-state index contributed by atoms with van der Waals surface area (Å²) in [4.78, 5) is 0. The first-order valence-electron chi connectivity index (χ1n) is 7.56. The number of hydrogen-bond donors (Lipinski definition) is 0. The molecule has 0 saturated heterocycles. The van der Waals surface area contributed by atoms with Crippen molar-refractivity contribution in [2.75, 3.05) is 0 Å². The van der Waals surface area contributed by atoms with E-state index in [1.807, 2.05) is 60.7 Å². The molecule has 112 valence electrons. The van der Waals surface area contributed by atoms with Crippen molar-refractivity contribution in [1.82, 2.24) is 0 Å². The Kier molecular flexibility index (Phi) is 7.24. The molecule has 0 amide bonds. The minimum absolute atomic E-state index is 0.284. The third kappa shape index (κ3) is 6.13. The fourth-order valence-electron chi connectivity index (χ4n) is 2.09. The quantitative estimate of drug-likeness (QED) is 0.513. The van der Waals surface area contributed by atoms with Gasteiger partial charge in [0.25, 0.3) is 0 Å². The summed E-state index contributed by atoms with van der Waals surface area (Å²) >= 11 is 0. The lowest BCUT2D eigenvalue weighted by molar-refractivity contribution is 0.181. The highest BCUT2D eigenvalue weighted by atomic mass is 16.6. The summed E-state index contributed by atoms with van der Waals surface area (Å²) in [6.07, 6.45) is 2.04. The summed E-state index contributed by atoms with van der Waals surface area (Å²) in [5.74, 6) is 0. The van der Waals surface area contributed by atoms with Crippen molar-refractivity contribution >= 4 is 7.12 Å². The number of unbranched alkanes of at least 4 members (excludes halogenated alkanes) is 1. The topological polar surface area (TPSA) is 42.2 Å². The highest BCUT2D eigenvalue weighted by molar-refractivity contribution is 6.44. The average Bonchev–Trinajstić information content (AvgIpc) is 2.59. The zero-order valence-corrected chi connectivity index (χ0v) is 12.7. The Labute approximate surface area is 132 Å². The van der Waals surface area contributed by atoms with Gasteiger partial charge in [-0.1, -0.05) is 60.7 Å². The van der Waals surface area contributed by atoms with Crippen LogP contribution in [0, 0.1) is 11.3 Å². The zero-order chi connectivity index (χ0) is 15.5. The van der Waals surface area contributed by atoms with Crippen LogP contribution >= 0.6 is 0 Å². The third-order valence-electron chi connectivity index (χ3n) is 3.29. The molecule has 0 heterocycles. The fraction of sp³-hybridized carbons (Fsp3) is 0.278. The average molecular weight is 293 g/mol. The smallest absolute Gasteiger partial charge is 0.407 e. The lowest BCUT2D eigenvalue weighted by atomic mass is 9.82. The molecule has 0 aromatic heterocycles. The van der Waals surface area contributed by atoms with Crippen molar-refractivity contribution in [2.24, 2.45) is 0 Å². The first-order chi connectivity index (χ1) is 10.9. The van der Waals surface area contributed by atoms with E-state index in [1.165, 1.54) is 0 Å². The van der Waals surface area contributed by atoms with Crippen molar-refractivity contribution in [3.05, 3.63) is 71.8 Å². The number of rotatable bonds is 9. The summed E-state index contributed by atoms with van der Waals surface area (Å²) in [5, 5.41) is 8.66. The first kappa shape index (κ1) is 16.3. The lowest BCUT2D eigenvalue weighted by Crippen LogP contribution is -2.22. The van der Waals surface area contributed by atoms with Crippen LogP contribution in [0.3, 0.4) is 0 Å². The van der Waals surface area contributed by atoms with E-state index < -0.39 is 0 Å². The number of nitrogens with zero attached hydrogens (tertiary/aromatic N) is 1. The molecule has 0 fully saturated rings. The van der Waals surface area contributed by atoms with Crippen molar-refractivity contribution in [2.45, 2.75) is 32.4 Å². The minimum atomic E-state index is -0.284. The summed E-state index contributed by atoms with van der Waals surface area (Å²) in [7, 11) is -0.284. The van der Waals surface area contributed by atoms with Gasteiger partial charge in [-0.3, -0.25) is 0 Å². The molecule has 2 rings (SSSR count). The molecule has 2 aromatic carbocycles. The number of hydrogen-bond acceptors (Lipinski definition) is 3. The molecule has 0 aliphatic carbocycles. The van der Waals surface area contributed by atoms with Gasteiger partial charge in [-0.15, -0.1) is 0 Å². The fourth-order valence-corrected chi connectivity index (χ4v) is 2.09. The summed E-state index contributed by atoms with van der Waals surface area (Å²) < 4.78 is 11.7. The van der Waals surface area contributed by atoms with Gasteiger partial charge in [-0.2, -0.15) is 5.26 Å². The molecule has 2 aromatic rings. The van der Waals surface area contributed by atoms with Gasteiger partial charge in [-0.25, -0.2) is 0 Å². The van der Waals surface area contributed by atoms with Gasteiger partial charge in [0.1, 0.15) is 0 Å². The second kappa shape index (κ2) is 9.78. The standard InChI is InChI=1S/C18H20BNO2/c20-14-8-7-13-19(21-15-17-9-3-1-4-10-17)22-16-18-11-5-2-6-12-18/h1-6,9-12H,7-8,13,15-16H2. The summed E-state index contributed by atoms with van der Waals surface area (Å²) in [6, 6.07) is 22.2. The maximum Gasteiger partial charge on any atom is 0.457 e. The van der Waals surface area contributed by atoms with E-state index in [2.05, 4.69) is 6.07 Å². The van der Waals surface area contributed by atoms with Crippen LogP contribution in [0.25, 0.3) is 0 Å².